The van der Waals surface area contributed by atoms with E-state index in [1.54, 1.807) is 6.07 Å². The van der Waals surface area contributed by atoms with Crippen molar-refractivity contribution in [1.82, 2.24) is 9.21 Å². The van der Waals surface area contributed by atoms with E-state index in [4.69, 9.17) is 0 Å². The highest BCUT2D eigenvalue weighted by molar-refractivity contribution is 9.10. The first-order valence-corrected chi connectivity index (χ1v) is 10.2. The molecule has 1 heterocycles. The Morgan fingerprint density at radius 3 is 2.26 bits per heavy atom. The van der Waals surface area contributed by atoms with Gasteiger partial charge in [-0.2, -0.15) is 4.31 Å². The van der Waals surface area contributed by atoms with Gasteiger partial charge < -0.3 is 10.0 Å². The molecular weight excluding hydrogens is 446 g/mol. The normalized spacial score (nSPS) is 15.7. The van der Waals surface area contributed by atoms with Crippen LogP contribution >= 0.6 is 15.9 Å². The van der Waals surface area contributed by atoms with E-state index in [9.17, 15) is 27.1 Å². The predicted octanol–water partition coefficient (Wildman–Crippen LogP) is 2.58. The maximum atomic E-state index is 13.4. The largest absolute Gasteiger partial charge is 0.507 e. The lowest BCUT2D eigenvalue weighted by Gasteiger charge is -2.34. The van der Waals surface area contributed by atoms with Gasteiger partial charge in [-0.25, -0.2) is 17.2 Å². The number of nitrogens with zero attached hydrogens (tertiary/aromatic N) is 2. The number of rotatable bonds is 3. The Balaban J connectivity index is 1.72. The zero-order valence-corrected chi connectivity index (χ0v) is 16.3. The summed E-state index contributed by atoms with van der Waals surface area (Å²) in [7, 11) is -4.00. The minimum Gasteiger partial charge on any atom is -0.507 e. The van der Waals surface area contributed by atoms with E-state index in [1.165, 1.54) is 17.0 Å². The van der Waals surface area contributed by atoms with Crippen LogP contribution in [-0.2, 0) is 10.0 Å². The number of halogens is 3. The van der Waals surface area contributed by atoms with E-state index in [2.05, 4.69) is 15.9 Å². The molecule has 0 spiro atoms. The van der Waals surface area contributed by atoms with Gasteiger partial charge in [0.05, 0.1) is 10.5 Å². The Kier molecular flexibility index (Phi) is 5.50. The molecule has 0 unspecified atom stereocenters. The van der Waals surface area contributed by atoms with Crippen molar-refractivity contribution < 1.29 is 27.1 Å². The molecule has 1 saturated heterocycles. The fourth-order valence-electron chi connectivity index (χ4n) is 2.77. The molecule has 2 aromatic carbocycles. The Hall–Kier alpha value is -2.04. The summed E-state index contributed by atoms with van der Waals surface area (Å²) in [5, 5.41) is 9.92. The first-order chi connectivity index (χ1) is 12.7. The highest BCUT2D eigenvalue weighted by atomic mass is 79.9. The molecule has 0 saturated carbocycles. The van der Waals surface area contributed by atoms with Gasteiger partial charge in [0.25, 0.3) is 5.91 Å². The van der Waals surface area contributed by atoms with Crippen LogP contribution in [0.5, 0.6) is 5.75 Å². The van der Waals surface area contributed by atoms with Crippen LogP contribution in [0.4, 0.5) is 8.78 Å². The molecule has 27 heavy (non-hydrogen) atoms. The molecule has 144 valence electrons. The Morgan fingerprint density at radius 1 is 1.00 bits per heavy atom. The van der Waals surface area contributed by atoms with E-state index >= 15 is 0 Å². The van der Waals surface area contributed by atoms with Gasteiger partial charge in [-0.1, -0.05) is 15.9 Å². The van der Waals surface area contributed by atoms with Crippen LogP contribution < -0.4 is 0 Å². The van der Waals surface area contributed by atoms with Crippen LogP contribution in [0.15, 0.2) is 45.8 Å². The van der Waals surface area contributed by atoms with Gasteiger partial charge in [0, 0.05) is 30.7 Å². The smallest absolute Gasteiger partial charge is 0.257 e. The number of piperazine rings is 1. The second-order valence-corrected chi connectivity index (χ2v) is 8.79. The summed E-state index contributed by atoms with van der Waals surface area (Å²) < 4.78 is 53.3. The summed E-state index contributed by atoms with van der Waals surface area (Å²) in [5.41, 5.74) is 0.120. The second-order valence-electron chi connectivity index (χ2n) is 5.93. The topological polar surface area (TPSA) is 77.9 Å². The number of hydrogen-bond donors (Lipinski definition) is 1. The second kappa shape index (κ2) is 7.53. The zero-order valence-electron chi connectivity index (χ0n) is 13.9. The molecule has 1 fully saturated rings. The molecule has 1 aliphatic heterocycles. The van der Waals surface area contributed by atoms with Crippen LogP contribution in [-0.4, -0.2) is 54.8 Å². The maximum absolute atomic E-state index is 13.4. The molecule has 10 heteroatoms. The zero-order chi connectivity index (χ0) is 19.8. The predicted molar refractivity (Wildman–Crippen MR) is 96.8 cm³/mol. The number of aromatic hydroxyl groups is 1. The summed E-state index contributed by atoms with van der Waals surface area (Å²) in [6.45, 7) is 0.225. The summed E-state index contributed by atoms with van der Waals surface area (Å²) in [6, 6.07) is 6.91. The Morgan fingerprint density at radius 2 is 1.67 bits per heavy atom. The molecule has 3 rings (SSSR count). The minimum absolute atomic E-state index is 0.00432. The number of carbonyl (C=O) groups is 1. The van der Waals surface area contributed by atoms with Crippen molar-refractivity contribution in [3.63, 3.8) is 0 Å². The van der Waals surface area contributed by atoms with E-state index in [0.29, 0.717) is 10.5 Å². The van der Waals surface area contributed by atoms with Crippen molar-refractivity contribution in [3.05, 3.63) is 58.1 Å². The van der Waals surface area contributed by atoms with E-state index in [0.717, 1.165) is 16.4 Å². The van der Waals surface area contributed by atoms with E-state index in [1.807, 2.05) is 0 Å². The molecule has 0 radical (unpaired) electrons. The molecule has 1 N–H and O–H groups in total. The number of amides is 1. The Bertz CT molecular complexity index is 992. The van der Waals surface area contributed by atoms with Crippen LogP contribution in [0.3, 0.4) is 0 Å². The summed E-state index contributed by atoms with van der Waals surface area (Å²) in [6.07, 6.45) is 0. The van der Waals surface area contributed by atoms with Crippen molar-refractivity contribution in [2.45, 2.75) is 4.90 Å². The number of hydrogen-bond acceptors (Lipinski definition) is 4. The molecule has 1 aliphatic rings. The van der Waals surface area contributed by atoms with Crippen LogP contribution in [0, 0.1) is 11.6 Å². The van der Waals surface area contributed by atoms with E-state index in [-0.39, 0.29) is 42.4 Å². The number of phenols is 1. The Labute approximate surface area is 163 Å². The fourth-order valence-corrected chi connectivity index (χ4v) is 4.56. The SMILES string of the molecule is O=C(c1ccc(Br)cc1O)N1CCN(S(=O)(=O)c2ccc(F)c(F)c2)CC1. The number of sulfonamides is 1. The average molecular weight is 461 g/mol. The maximum Gasteiger partial charge on any atom is 0.257 e. The van der Waals surface area contributed by atoms with Crippen molar-refractivity contribution in [2.24, 2.45) is 0 Å². The molecular formula is C17H15BrF2N2O4S. The fraction of sp³-hybridized carbons (Fsp3) is 0.235. The molecule has 0 atom stereocenters. The summed E-state index contributed by atoms with van der Waals surface area (Å²) in [5.74, 6) is -2.95. The van der Waals surface area contributed by atoms with Gasteiger partial charge in [0.1, 0.15) is 5.75 Å². The minimum atomic E-state index is -4.00. The number of benzene rings is 2. The summed E-state index contributed by atoms with van der Waals surface area (Å²) in [4.78, 5) is 13.6. The number of phenolic OH excluding ortho intramolecular Hbond substituents is 1. The van der Waals surface area contributed by atoms with Crippen LogP contribution in [0.2, 0.25) is 0 Å². The van der Waals surface area contributed by atoms with Crippen molar-refractivity contribution in [2.75, 3.05) is 26.2 Å². The standard InChI is InChI=1S/C17H15BrF2N2O4S/c18-11-1-3-13(16(23)9-11)17(24)21-5-7-22(8-6-21)27(25,26)12-2-4-14(19)15(20)10-12/h1-4,9-10,23H,5-8H2. The highest BCUT2D eigenvalue weighted by Gasteiger charge is 2.31. The third-order valence-corrected chi connectivity index (χ3v) is 6.63. The van der Waals surface area contributed by atoms with Gasteiger partial charge in [-0.15, -0.1) is 0 Å². The first-order valence-electron chi connectivity index (χ1n) is 7.93. The van der Waals surface area contributed by atoms with Crippen LogP contribution in [0.1, 0.15) is 10.4 Å². The van der Waals surface area contributed by atoms with Crippen molar-refractivity contribution in [3.8, 4) is 5.75 Å². The van der Waals surface area contributed by atoms with Gasteiger partial charge in [0.15, 0.2) is 11.6 Å². The number of carbonyl (C=O) groups excluding carboxylic acids is 1. The summed E-state index contributed by atoms with van der Waals surface area (Å²) >= 11 is 3.19. The third-order valence-electron chi connectivity index (χ3n) is 4.24. The molecule has 2 aromatic rings. The lowest BCUT2D eigenvalue weighted by atomic mass is 10.1. The lowest BCUT2D eigenvalue weighted by Crippen LogP contribution is -2.50. The van der Waals surface area contributed by atoms with E-state index < -0.39 is 27.6 Å². The van der Waals surface area contributed by atoms with Crippen molar-refractivity contribution in [1.29, 1.82) is 0 Å². The highest BCUT2D eigenvalue weighted by Crippen LogP contribution is 2.25. The third kappa shape index (κ3) is 3.97. The molecule has 1 amide bonds. The molecule has 0 aliphatic carbocycles. The molecule has 6 nitrogen and oxygen atoms in total. The van der Waals surface area contributed by atoms with Crippen molar-refractivity contribution >= 4 is 31.9 Å². The van der Waals surface area contributed by atoms with Gasteiger partial charge in [0.2, 0.25) is 10.0 Å². The van der Waals surface area contributed by atoms with Gasteiger partial charge in [-0.05, 0) is 36.4 Å². The average Bonchev–Trinajstić information content (AvgIpc) is 2.63. The molecule has 0 aromatic heterocycles. The quantitative estimate of drug-likeness (QED) is 0.763. The first kappa shape index (κ1) is 19.7. The van der Waals surface area contributed by atoms with Crippen LogP contribution in [0.25, 0.3) is 0 Å². The monoisotopic (exact) mass is 460 g/mol. The molecule has 0 bridgehead atoms. The van der Waals surface area contributed by atoms with Gasteiger partial charge >= 0.3 is 0 Å². The lowest BCUT2D eigenvalue weighted by molar-refractivity contribution is 0.0695. The van der Waals surface area contributed by atoms with Gasteiger partial charge in [-0.3, -0.25) is 4.79 Å².